The molecule has 3 saturated heterocycles. The maximum absolute atomic E-state index is 12.5. The van der Waals surface area contributed by atoms with Gasteiger partial charge in [-0.2, -0.15) is 0 Å². The number of anilines is 3. The summed E-state index contributed by atoms with van der Waals surface area (Å²) in [5.41, 5.74) is 1.77. The fourth-order valence-electron chi connectivity index (χ4n) is 9.14. The number of carbonyl (C=O) groups is 6. The predicted molar refractivity (Wildman–Crippen MR) is 313 cm³/mol. The van der Waals surface area contributed by atoms with E-state index in [1.807, 2.05) is 51.1 Å². The van der Waals surface area contributed by atoms with Gasteiger partial charge in [0.25, 0.3) is 17.7 Å². The summed E-state index contributed by atoms with van der Waals surface area (Å²) in [6, 6.07) is 11.2. The minimum absolute atomic E-state index is 0.0712. The van der Waals surface area contributed by atoms with Crippen LogP contribution >= 0.6 is 0 Å². The van der Waals surface area contributed by atoms with Crippen molar-refractivity contribution < 1.29 is 28.8 Å². The summed E-state index contributed by atoms with van der Waals surface area (Å²) < 4.78 is 0. The number of pyridine rings is 3. The average molecular weight is 1080 g/mol. The van der Waals surface area contributed by atoms with Crippen LogP contribution < -0.4 is 30.7 Å². The summed E-state index contributed by atoms with van der Waals surface area (Å²) in [5.74, 6) is 4.33. The van der Waals surface area contributed by atoms with Gasteiger partial charge >= 0.3 is 0 Å². The molecule has 18 nitrogen and oxygen atoms in total. The second-order valence-electron chi connectivity index (χ2n) is 21.3. The Kier molecular flexibility index (Phi) is 29.0. The summed E-state index contributed by atoms with van der Waals surface area (Å²) >= 11 is 0. The summed E-state index contributed by atoms with van der Waals surface area (Å²) in [6.07, 6.45) is 16.1. The number of hydrogen-bond acceptors (Lipinski definition) is 12. The molecule has 6 heterocycles. The molecule has 0 saturated carbocycles. The minimum atomic E-state index is -0.0731. The number of piperazine rings is 3. The van der Waals surface area contributed by atoms with Crippen LogP contribution in [0.15, 0.2) is 55.0 Å². The van der Waals surface area contributed by atoms with Crippen molar-refractivity contribution in [3.63, 3.8) is 0 Å². The quantitative estimate of drug-likeness (QED) is 0.0731. The van der Waals surface area contributed by atoms with Gasteiger partial charge in [0.05, 0.1) is 16.7 Å². The monoisotopic (exact) mass is 1080 g/mol. The largest absolute Gasteiger partial charge is 0.353 e. The zero-order chi connectivity index (χ0) is 56.8. The number of carbonyl (C=O) groups excluding carboxylic acids is 6. The Morgan fingerprint density at radius 1 is 0.462 bits per heavy atom. The highest BCUT2D eigenvalue weighted by molar-refractivity contribution is 5.95. The zero-order valence-electron chi connectivity index (χ0n) is 49.0. The lowest BCUT2D eigenvalue weighted by atomic mass is 10.0. The highest BCUT2D eigenvalue weighted by Gasteiger charge is 2.27. The molecule has 0 radical (unpaired) electrons. The van der Waals surface area contributed by atoms with Crippen molar-refractivity contribution in [2.45, 2.75) is 139 Å². The van der Waals surface area contributed by atoms with E-state index in [1.54, 1.807) is 18.6 Å². The van der Waals surface area contributed by atoms with Crippen LogP contribution in [0, 0.1) is 17.8 Å². The molecule has 1 unspecified atom stereocenters. The summed E-state index contributed by atoms with van der Waals surface area (Å²) in [6.45, 7) is 30.1. The van der Waals surface area contributed by atoms with E-state index in [0.717, 1.165) is 160 Å². The van der Waals surface area contributed by atoms with Crippen molar-refractivity contribution >= 4 is 52.9 Å². The molecule has 0 aromatic carbocycles. The molecular formula is C60H96N12O6. The van der Waals surface area contributed by atoms with E-state index in [0.29, 0.717) is 61.0 Å². The van der Waals surface area contributed by atoms with Crippen LogP contribution in [0.25, 0.3) is 0 Å². The van der Waals surface area contributed by atoms with Crippen molar-refractivity contribution in [1.82, 2.24) is 45.6 Å². The van der Waals surface area contributed by atoms with Crippen molar-refractivity contribution in [3.8, 4) is 0 Å². The fourth-order valence-corrected chi connectivity index (χ4v) is 9.14. The molecule has 3 aliphatic rings. The number of hydrogen-bond donors (Lipinski definition) is 3. The second kappa shape index (κ2) is 35.2. The first-order valence-electron chi connectivity index (χ1n) is 29.5. The zero-order valence-corrected chi connectivity index (χ0v) is 49.0. The Morgan fingerprint density at radius 3 is 1.17 bits per heavy atom. The van der Waals surface area contributed by atoms with E-state index in [4.69, 9.17) is 0 Å². The van der Waals surface area contributed by atoms with Gasteiger partial charge in [-0.25, -0.2) is 15.0 Å². The minimum Gasteiger partial charge on any atom is -0.353 e. The maximum atomic E-state index is 12.5. The number of unbranched alkanes of at least 4 members (excludes halogenated alkanes) is 3. The summed E-state index contributed by atoms with van der Waals surface area (Å²) in [7, 11) is 0. The third-order valence-electron chi connectivity index (χ3n) is 14.8. The van der Waals surface area contributed by atoms with Crippen LogP contribution in [0.4, 0.5) is 17.5 Å². The second-order valence-corrected chi connectivity index (χ2v) is 21.3. The molecule has 0 bridgehead atoms. The topological polar surface area (TPSA) is 197 Å². The number of aromatic nitrogens is 3. The molecule has 3 aromatic heterocycles. The van der Waals surface area contributed by atoms with Crippen molar-refractivity contribution in [2.24, 2.45) is 17.8 Å². The first kappa shape index (κ1) is 64.2. The van der Waals surface area contributed by atoms with E-state index in [9.17, 15) is 28.8 Å². The SMILES string of the molecule is CCCCC(=O)N1CCN(c2ccc(C(=O)NCCC(C)C)cn2)CC1.CCCCNC(=O)c1ccc(N2CCN(C(=O)C(CC)CC)CC2)nc1.CCCCNC(=O)c1ccc(N2CCN(C(=O)CC(C)CC)CC2)nc1. The van der Waals surface area contributed by atoms with E-state index >= 15 is 0 Å². The van der Waals surface area contributed by atoms with Gasteiger partial charge in [0.1, 0.15) is 17.5 Å². The molecule has 3 fully saturated rings. The Labute approximate surface area is 467 Å². The molecule has 0 aliphatic carbocycles. The van der Waals surface area contributed by atoms with Crippen LogP contribution in [-0.2, 0) is 14.4 Å². The first-order chi connectivity index (χ1) is 37.7. The summed E-state index contributed by atoms with van der Waals surface area (Å²) in [5, 5.41) is 8.73. The predicted octanol–water partition coefficient (Wildman–Crippen LogP) is 8.09. The molecule has 1 atom stereocenters. The van der Waals surface area contributed by atoms with Gasteiger partial charge in [0, 0.05) is 136 Å². The Balaban J connectivity index is 0.000000252. The lowest BCUT2D eigenvalue weighted by Gasteiger charge is -2.36. The molecule has 3 aliphatic heterocycles. The van der Waals surface area contributed by atoms with Crippen molar-refractivity contribution in [2.75, 3.05) is 113 Å². The van der Waals surface area contributed by atoms with Crippen molar-refractivity contribution in [3.05, 3.63) is 71.7 Å². The average Bonchev–Trinajstić information content (AvgIpc) is 3.48. The molecule has 432 valence electrons. The highest BCUT2D eigenvalue weighted by Crippen LogP contribution is 2.20. The molecule has 78 heavy (non-hydrogen) atoms. The Morgan fingerprint density at radius 2 is 0.833 bits per heavy atom. The molecule has 6 rings (SSSR count). The van der Waals surface area contributed by atoms with E-state index in [2.05, 4.69) is 108 Å². The van der Waals surface area contributed by atoms with Gasteiger partial charge in [-0.15, -0.1) is 0 Å². The molecule has 3 aromatic rings. The number of nitrogens with one attached hydrogen (secondary N) is 3. The van der Waals surface area contributed by atoms with E-state index < -0.39 is 0 Å². The Hall–Kier alpha value is -6.33. The van der Waals surface area contributed by atoms with E-state index in [-0.39, 0.29) is 41.4 Å². The lowest BCUT2D eigenvalue weighted by molar-refractivity contribution is -0.136. The Bertz CT molecular complexity index is 2240. The normalized spacial score (nSPS) is 15.0. The van der Waals surface area contributed by atoms with Crippen molar-refractivity contribution in [1.29, 1.82) is 0 Å². The fraction of sp³-hybridized carbons (Fsp3) is 0.650. The highest BCUT2D eigenvalue weighted by atomic mass is 16.2. The maximum Gasteiger partial charge on any atom is 0.252 e. The summed E-state index contributed by atoms with van der Waals surface area (Å²) in [4.78, 5) is 98.8. The van der Waals surface area contributed by atoms with Gasteiger partial charge in [0.15, 0.2) is 0 Å². The third kappa shape index (κ3) is 21.5. The number of rotatable bonds is 24. The van der Waals surface area contributed by atoms with Gasteiger partial charge in [-0.3, -0.25) is 28.8 Å². The molecule has 0 spiro atoms. The third-order valence-corrected chi connectivity index (χ3v) is 14.8. The van der Waals surface area contributed by atoms with Gasteiger partial charge in [-0.1, -0.05) is 88.0 Å². The van der Waals surface area contributed by atoms with Gasteiger partial charge in [-0.05, 0) is 86.8 Å². The smallest absolute Gasteiger partial charge is 0.252 e. The molecular weight excluding hydrogens is 985 g/mol. The molecule has 18 heteroatoms. The molecule has 3 N–H and O–H groups in total. The van der Waals surface area contributed by atoms with Crippen LogP contribution in [0.3, 0.4) is 0 Å². The number of nitrogens with zero attached hydrogens (tertiary/aromatic N) is 9. The van der Waals surface area contributed by atoms with Gasteiger partial charge < -0.3 is 45.3 Å². The van der Waals surface area contributed by atoms with Crippen LogP contribution in [-0.4, -0.2) is 163 Å². The standard InChI is InChI=1S/3C20H32N4O2/c1-4-5-6-19(25)24-13-11-23(12-14-24)18-8-7-17(15-22-18)20(26)21-10-9-16(2)3;1-4-6-9-21-20(26)17-7-8-18(22-15-17)23-10-12-24(13-11-23)19(25)14-16(3)5-2;1-4-7-10-21-19(25)17-8-9-18(22-15-17)23-11-13-24(14-12-23)20(26)16(5-2)6-3/h2*7-8,15-16H,4-6,9-14H2,1-3H3,(H,21,26);8-9,15-16H,4-7,10-14H2,1-3H3,(H,21,25). The number of amides is 6. The van der Waals surface area contributed by atoms with Crippen LogP contribution in [0.2, 0.25) is 0 Å². The van der Waals surface area contributed by atoms with Crippen LogP contribution in [0.1, 0.15) is 170 Å². The first-order valence-corrected chi connectivity index (χ1v) is 29.5. The van der Waals surface area contributed by atoms with Gasteiger partial charge in [0.2, 0.25) is 17.7 Å². The molecule has 6 amide bonds. The van der Waals surface area contributed by atoms with E-state index in [1.165, 1.54) is 0 Å². The van der Waals surface area contributed by atoms with Crippen LogP contribution in [0.5, 0.6) is 0 Å². The lowest BCUT2D eigenvalue weighted by Crippen LogP contribution is -2.50.